The number of amides is 2. The van der Waals surface area contributed by atoms with E-state index in [9.17, 15) is 14.4 Å². The van der Waals surface area contributed by atoms with Gasteiger partial charge in [-0.1, -0.05) is 12.1 Å². The first-order valence-electron chi connectivity index (χ1n) is 14.0. The fraction of sp³-hybridized carbons (Fsp3) is 0.679. The van der Waals surface area contributed by atoms with Crippen molar-refractivity contribution in [3.8, 4) is 0 Å². The molecule has 0 atom stereocenters. The van der Waals surface area contributed by atoms with Crippen molar-refractivity contribution < 1.29 is 62.1 Å². The van der Waals surface area contributed by atoms with Crippen molar-refractivity contribution in [2.24, 2.45) is 0 Å². The molecule has 1 aromatic rings. The van der Waals surface area contributed by atoms with Gasteiger partial charge in [0, 0.05) is 0 Å². The zero-order valence-corrected chi connectivity index (χ0v) is 24.0. The lowest BCUT2D eigenvalue weighted by Gasteiger charge is -2.13. The third-order valence-corrected chi connectivity index (χ3v) is 5.54. The van der Waals surface area contributed by atoms with Crippen molar-refractivity contribution in [2.75, 3.05) is 125 Å². The Hall–Kier alpha value is -2.53. The molecule has 1 heterocycles. The van der Waals surface area contributed by atoms with Crippen molar-refractivity contribution >= 4 is 17.8 Å². The predicted molar refractivity (Wildman–Crippen MR) is 147 cm³/mol. The van der Waals surface area contributed by atoms with Crippen LogP contribution < -0.4 is 0 Å². The lowest BCUT2D eigenvalue weighted by Crippen LogP contribution is -2.33. The minimum absolute atomic E-state index is 0.208. The maximum absolute atomic E-state index is 12.3. The van der Waals surface area contributed by atoms with Crippen LogP contribution >= 0.6 is 0 Å². The summed E-state index contributed by atoms with van der Waals surface area (Å²) in [6.07, 6.45) is 0. The molecule has 0 bridgehead atoms. The number of carboxylic acid groups (broad SMARTS) is 1. The molecule has 42 heavy (non-hydrogen) atoms. The quantitative estimate of drug-likeness (QED) is 0.100. The highest BCUT2D eigenvalue weighted by Crippen LogP contribution is 2.21. The maximum atomic E-state index is 12.3. The fourth-order valence-electron chi connectivity index (χ4n) is 3.52. The summed E-state index contributed by atoms with van der Waals surface area (Å²) >= 11 is 0. The lowest BCUT2D eigenvalue weighted by atomic mass is 10.1. The van der Waals surface area contributed by atoms with Crippen molar-refractivity contribution in [3.05, 3.63) is 35.4 Å². The molecule has 1 aliphatic heterocycles. The van der Waals surface area contributed by atoms with Gasteiger partial charge >= 0.3 is 5.97 Å². The van der Waals surface area contributed by atoms with Crippen LogP contribution in [0.25, 0.3) is 0 Å². The molecular weight excluding hydrogens is 558 g/mol. The Morgan fingerprint density at radius 3 is 1.10 bits per heavy atom. The first kappa shape index (κ1) is 35.7. The average Bonchev–Trinajstić information content (AvgIpc) is 3.23. The minimum atomic E-state index is -1.00. The summed E-state index contributed by atoms with van der Waals surface area (Å²) in [5.41, 5.74) is 0.873. The van der Waals surface area contributed by atoms with E-state index in [-0.39, 0.29) is 38.2 Å². The van der Waals surface area contributed by atoms with E-state index in [0.717, 1.165) is 0 Å². The SMILES string of the molecule is O=C(O)COCCOCCOCCOCCOCCOCCOCCOCCOCCN1C(=O)c2ccccc2C1=O. The molecule has 14 heteroatoms. The molecular formula is C28H43NO13. The molecule has 2 amide bonds. The molecule has 1 aromatic carbocycles. The number of carboxylic acids is 1. The second-order valence-electron chi connectivity index (χ2n) is 8.65. The molecule has 0 unspecified atom stereocenters. The summed E-state index contributed by atoms with van der Waals surface area (Å²) in [6.45, 7) is 6.78. The summed E-state index contributed by atoms with van der Waals surface area (Å²) in [4.78, 5) is 36.0. The van der Waals surface area contributed by atoms with Gasteiger partial charge in [0.05, 0.1) is 130 Å². The topological polar surface area (TPSA) is 158 Å². The Morgan fingerprint density at radius 2 is 0.786 bits per heavy atom. The lowest BCUT2D eigenvalue weighted by molar-refractivity contribution is -0.142. The fourth-order valence-corrected chi connectivity index (χ4v) is 3.52. The summed E-state index contributed by atoms with van der Waals surface area (Å²) in [7, 11) is 0. The number of benzene rings is 1. The summed E-state index contributed by atoms with van der Waals surface area (Å²) in [6, 6.07) is 6.79. The van der Waals surface area contributed by atoms with Crippen LogP contribution in [-0.2, 0) is 47.4 Å². The number of hydrogen-bond acceptors (Lipinski definition) is 12. The molecule has 1 aliphatic rings. The van der Waals surface area contributed by atoms with E-state index in [2.05, 4.69) is 0 Å². The number of ether oxygens (including phenoxy) is 9. The van der Waals surface area contributed by atoms with Crippen LogP contribution in [0.4, 0.5) is 0 Å². The first-order valence-corrected chi connectivity index (χ1v) is 14.0. The van der Waals surface area contributed by atoms with Crippen LogP contribution in [0.3, 0.4) is 0 Å². The Kier molecular flexibility index (Phi) is 20.4. The van der Waals surface area contributed by atoms with E-state index in [1.807, 2.05) is 0 Å². The molecule has 2 rings (SSSR count). The number of imide groups is 1. The molecule has 0 aliphatic carbocycles. The molecule has 238 valence electrons. The van der Waals surface area contributed by atoms with Gasteiger partial charge < -0.3 is 47.7 Å². The molecule has 0 saturated carbocycles. The van der Waals surface area contributed by atoms with Gasteiger partial charge in [-0.15, -0.1) is 0 Å². The van der Waals surface area contributed by atoms with Crippen molar-refractivity contribution in [2.45, 2.75) is 0 Å². The second-order valence-corrected chi connectivity index (χ2v) is 8.65. The number of carbonyl (C=O) groups is 3. The van der Waals surface area contributed by atoms with Crippen molar-refractivity contribution in [1.29, 1.82) is 0 Å². The van der Waals surface area contributed by atoms with E-state index in [1.165, 1.54) is 4.90 Å². The van der Waals surface area contributed by atoms with E-state index >= 15 is 0 Å². The first-order chi connectivity index (χ1) is 20.6. The summed E-state index contributed by atoms with van der Waals surface area (Å²) in [5, 5.41) is 8.41. The summed E-state index contributed by atoms with van der Waals surface area (Å²) in [5.74, 6) is -1.57. The predicted octanol–water partition coefficient (Wildman–Crippen LogP) is 0.517. The smallest absolute Gasteiger partial charge is 0.329 e. The van der Waals surface area contributed by atoms with E-state index < -0.39 is 5.97 Å². The molecule has 1 N–H and O–H groups in total. The van der Waals surface area contributed by atoms with Crippen molar-refractivity contribution in [3.63, 3.8) is 0 Å². The van der Waals surface area contributed by atoms with Gasteiger partial charge in [-0.05, 0) is 12.1 Å². The number of fused-ring (bicyclic) bond motifs is 1. The zero-order valence-electron chi connectivity index (χ0n) is 24.0. The highest BCUT2D eigenvalue weighted by molar-refractivity contribution is 6.21. The Labute approximate surface area is 246 Å². The van der Waals surface area contributed by atoms with Crippen LogP contribution in [-0.4, -0.2) is 153 Å². The molecule has 14 nitrogen and oxygen atoms in total. The Bertz CT molecular complexity index is 850. The monoisotopic (exact) mass is 601 g/mol. The standard InChI is InChI=1S/C28H43NO13/c30-26(31)23-42-22-21-41-20-19-40-18-17-39-16-15-38-14-13-37-12-11-36-10-9-35-8-7-34-6-5-29-27(32)24-3-1-2-4-25(24)28(29)33/h1-4H,5-23H2,(H,30,31). The van der Waals surface area contributed by atoms with Crippen LogP contribution in [0.5, 0.6) is 0 Å². The average molecular weight is 602 g/mol. The third kappa shape index (κ3) is 16.2. The summed E-state index contributed by atoms with van der Waals surface area (Å²) < 4.78 is 48.0. The third-order valence-electron chi connectivity index (χ3n) is 5.54. The van der Waals surface area contributed by atoms with E-state index in [1.54, 1.807) is 24.3 Å². The minimum Gasteiger partial charge on any atom is -0.480 e. The largest absolute Gasteiger partial charge is 0.480 e. The molecule has 0 fully saturated rings. The normalized spacial score (nSPS) is 12.8. The van der Waals surface area contributed by atoms with Gasteiger partial charge in [0.25, 0.3) is 11.8 Å². The van der Waals surface area contributed by atoms with Gasteiger partial charge in [-0.2, -0.15) is 0 Å². The number of aliphatic carboxylic acids is 1. The second kappa shape index (κ2) is 24.0. The van der Waals surface area contributed by atoms with Crippen LogP contribution in [0.2, 0.25) is 0 Å². The highest BCUT2D eigenvalue weighted by atomic mass is 16.6. The Balaban J connectivity index is 1.21. The van der Waals surface area contributed by atoms with Gasteiger partial charge in [0.2, 0.25) is 0 Å². The van der Waals surface area contributed by atoms with Gasteiger partial charge in [0.15, 0.2) is 0 Å². The van der Waals surface area contributed by atoms with Gasteiger partial charge in [-0.25, -0.2) is 4.79 Å². The number of nitrogens with zero attached hydrogens (tertiary/aromatic N) is 1. The number of carbonyl (C=O) groups excluding carboxylic acids is 2. The van der Waals surface area contributed by atoms with E-state index in [0.29, 0.717) is 110 Å². The van der Waals surface area contributed by atoms with E-state index in [4.69, 9.17) is 47.7 Å². The molecule has 0 aromatic heterocycles. The van der Waals surface area contributed by atoms with Crippen LogP contribution in [0, 0.1) is 0 Å². The molecule has 0 radical (unpaired) electrons. The molecule has 0 spiro atoms. The Morgan fingerprint density at radius 1 is 0.500 bits per heavy atom. The number of rotatable bonds is 29. The van der Waals surface area contributed by atoms with Gasteiger partial charge in [0.1, 0.15) is 6.61 Å². The highest BCUT2D eigenvalue weighted by Gasteiger charge is 2.34. The number of hydrogen-bond donors (Lipinski definition) is 1. The van der Waals surface area contributed by atoms with Crippen LogP contribution in [0.15, 0.2) is 24.3 Å². The van der Waals surface area contributed by atoms with Crippen molar-refractivity contribution in [1.82, 2.24) is 4.90 Å². The van der Waals surface area contributed by atoms with Crippen LogP contribution in [0.1, 0.15) is 20.7 Å². The molecule has 0 saturated heterocycles. The van der Waals surface area contributed by atoms with Gasteiger partial charge in [-0.3, -0.25) is 14.5 Å². The maximum Gasteiger partial charge on any atom is 0.329 e. The zero-order chi connectivity index (χ0) is 30.1.